The molecule has 0 radical (unpaired) electrons. The maximum Gasteiger partial charge on any atom is 0.328 e. The molecular formula is C27H31N5O7. The highest BCUT2D eigenvalue weighted by molar-refractivity contribution is 5.92. The number of benzene rings is 2. The molecule has 1 aromatic heterocycles. The molecule has 39 heavy (non-hydrogen) atoms. The maximum atomic E-state index is 12.9. The van der Waals surface area contributed by atoms with Gasteiger partial charge in [0.15, 0.2) is 0 Å². The third-order valence-corrected chi connectivity index (χ3v) is 6.02. The van der Waals surface area contributed by atoms with Crippen LogP contribution in [0.3, 0.4) is 0 Å². The van der Waals surface area contributed by atoms with Crippen LogP contribution in [0.1, 0.15) is 13.3 Å². The zero-order valence-corrected chi connectivity index (χ0v) is 21.5. The Hall–Kier alpha value is -4.71. The van der Waals surface area contributed by atoms with Crippen molar-refractivity contribution in [3.8, 4) is 0 Å². The highest BCUT2D eigenvalue weighted by atomic mass is 16.4. The molecule has 1 saturated heterocycles. The van der Waals surface area contributed by atoms with Crippen molar-refractivity contribution < 1.29 is 24.6 Å². The van der Waals surface area contributed by atoms with Crippen molar-refractivity contribution in [3.63, 3.8) is 0 Å². The van der Waals surface area contributed by atoms with E-state index >= 15 is 0 Å². The number of amides is 1. The number of fused-ring (bicyclic) bond motifs is 1. The maximum absolute atomic E-state index is 12.9. The van der Waals surface area contributed by atoms with Gasteiger partial charge < -0.3 is 25.4 Å². The number of nitrogens with one attached hydrogen (secondary N) is 2. The van der Waals surface area contributed by atoms with Gasteiger partial charge >= 0.3 is 17.6 Å². The summed E-state index contributed by atoms with van der Waals surface area (Å²) in [6.45, 7) is 6.44. The summed E-state index contributed by atoms with van der Waals surface area (Å²) >= 11 is 0. The molecule has 0 saturated carbocycles. The number of hydrogen-bond donors (Lipinski definition) is 4. The fourth-order valence-electron chi connectivity index (χ4n) is 4.20. The van der Waals surface area contributed by atoms with Crippen molar-refractivity contribution in [2.24, 2.45) is 0 Å². The van der Waals surface area contributed by atoms with Crippen molar-refractivity contribution in [1.29, 1.82) is 0 Å². The second kappa shape index (κ2) is 13.7. The highest BCUT2D eigenvalue weighted by Crippen LogP contribution is 2.16. The quantitative estimate of drug-likeness (QED) is 0.312. The van der Waals surface area contributed by atoms with E-state index in [2.05, 4.69) is 44.4 Å². The molecule has 1 fully saturated rings. The standard InChI is InChI=1S/C23H27N5O3.C4H4O4/c1-17(29)24-18-8-9-21-20(16-18)22(30)28(23(31)25-21)11-5-10-26-12-14-27(15-13-26)19-6-3-2-4-7-19;5-3(6)1-2-4(7)8/h2-4,6-9,16H,5,10-15H2,1H3,(H,24,29)(H,25,31);1-2H,(H,5,6)(H,7,8)/b;2-1-. The summed E-state index contributed by atoms with van der Waals surface area (Å²) < 4.78 is 1.25. The smallest absolute Gasteiger partial charge is 0.328 e. The van der Waals surface area contributed by atoms with Crippen LogP contribution < -0.4 is 21.5 Å². The lowest BCUT2D eigenvalue weighted by molar-refractivity contribution is -0.134. The van der Waals surface area contributed by atoms with E-state index in [0.717, 1.165) is 32.7 Å². The molecule has 12 nitrogen and oxygen atoms in total. The van der Waals surface area contributed by atoms with Crippen LogP contribution >= 0.6 is 0 Å². The minimum absolute atomic E-state index is 0.212. The van der Waals surface area contributed by atoms with Gasteiger partial charge in [0.1, 0.15) is 0 Å². The van der Waals surface area contributed by atoms with E-state index in [-0.39, 0.29) is 11.5 Å². The molecule has 1 amide bonds. The number of piperazine rings is 1. The number of H-pyrrole nitrogens is 1. The lowest BCUT2D eigenvalue weighted by atomic mass is 10.2. The number of nitrogens with zero attached hydrogens (tertiary/aromatic N) is 3. The molecule has 4 N–H and O–H groups in total. The molecule has 3 aromatic rings. The number of carbonyl (C=O) groups excluding carboxylic acids is 1. The first-order valence-corrected chi connectivity index (χ1v) is 12.3. The minimum atomic E-state index is -1.26. The van der Waals surface area contributed by atoms with Crippen LogP contribution in [0.25, 0.3) is 10.9 Å². The molecule has 0 spiro atoms. The van der Waals surface area contributed by atoms with Crippen molar-refractivity contribution in [2.45, 2.75) is 19.9 Å². The number of aliphatic carboxylic acids is 2. The number of carboxylic acids is 2. The van der Waals surface area contributed by atoms with E-state index in [0.29, 0.717) is 41.7 Å². The van der Waals surface area contributed by atoms with Gasteiger partial charge in [-0.15, -0.1) is 0 Å². The van der Waals surface area contributed by atoms with E-state index < -0.39 is 17.6 Å². The number of rotatable bonds is 8. The van der Waals surface area contributed by atoms with Crippen LogP contribution in [-0.2, 0) is 20.9 Å². The average molecular weight is 538 g/mol. The predicted octanol–water partition coefficient (Wildman–Crippen LogP) is 1.57. The molecule has 1 aliphatic rings. The van der Waals surface area contributed by atoms with E-state index in [1.165, 1.54) is 17.2 Å². The molecule has 1 aliphatic heterocycles. The Morgan fingerprint density at radius 2 is 1.56 bits per heavy atom. The summed E-state index contributed by atoms with van der Waals surface area (Å²) in [7, 11) is 0. The molecule has 0 bridgehead atoms. The summed E-state index contributed by atoms with van der Waals surface area (Å²) in [5.41, 5.74) is 1.51. The summed E-state index contributed by atoms with van der Waals surface area (Å²) in [5, 5.41) is 18.7. The number of aromatic amines is 1. The Kier molecular flexibility index (Phi) is 10.2. The van der Waals surface area contributed by atoms with Gasteiger partial charge in [0.2, 0.25) is 5.91 Å². The molecule has 0 unspecified atom stereocenters. The van der Waals surface area contributed by atoms with Crippen LogP contribution in [0.2, 0.25) is 0 Å². The van der Waals surface area contributed by atoms with Gasteiger partial charge in [-0.3, -0.25) is 19.1 Å². The van der Waals surface area contributed by atoms with E-state index in [9.17, 15) is 24.0 Å². The Labute approximate surface area is 223 Å². The van der Waals surface area contributed by atoms with Crippen molar-refractivity contribution in [1.82, 2.24) is 14.5 Å². The largest absolute Gasteiger partial charge is 0.478 e. The van der Waals surface area contributed by atoms with E-state index in [1.807, 2.05) is 6.07 Å². The third-order valence-electron chi connectivity index (χ3n) is 6.02. The number of anilines is 2. The lowest BCUT2D eigenvalue weighted by Crippen LogP contribution is -2.47. The topological polar surface area (TPSA) is 165 Å². The molecule has 206 valence electrons. The second-order valence-electron chi connectivity index (χ2n) is 8.86. The fraction of sp³-hybridized carbons (Fsp3) is 0.296. The summed E-state index contributed by atoms with van der Waals surface area (Å²) in [4.78, 5) is 63.2. The number of para-hydroxylation sites is 1. The first kappa shape index (κ1) is 28.9. The van der Waals surface area contributed by atoms with E-state index in [1.54, 1.807) is 18.2 Å². The fourth-order valence-corrected chi connectivity index (χ4v) is 4.20. The second-order valence-corrected chi connectivity index (χ2v) is 8.86. The molecule has 12 heteroatoms. The SMILES string of the molecule is CC(=O)Nc1ccc2[nH]c(=O)n(CCCN3CCN(c4ccccc4)CC3)c(=O)c2c1.O=C(O)/C=C\C(=O)O. The zero-order valence-electron chi connectivity index (χ0n) is 21.5. The number of carbonyl (C=O) groups is 3. The Morgan fingerprint density at radius 1 is 0.923 bits per heavy atom. The zero-order chi connectivity index (χ0) is 28.4. The summed E-state index contributed by atoms with van der Waals surface area (Å²) in [6.07, 6.45) is 1.83. The number of carboxylic acid groups (broad SMARTS) is 2. The van der Waals surface area contributed by atoms with Crippen molar-refractivity contribution in [3.05, 3.63) is 81.5 Å². The van der Waals surface area contributed by atoms with Crippen LogP contribution in [0.4, 0.5) is 11.4 Å². The first-order valence-electron chi connectivity index (χ1n) is 12.3. The summed E-state index contributed by atoms with van der Waals surface area (Å²) in [5.74, 6) is -2.73. The molecule has 0 aliphatic carbocycles. The molecular weight excluding hydrogens is 506 g/mol. The van der Waals surface area contributed by atoms with Gasteiger partial charge in [-0.25, -0.2) is 14.4 Å². The lowest BCUT2D eigenvalue weighted by Gasteiger charge is -2.36. The van der Waals surface area contributed by atoms with Crippen LogP contribution in [-0.4, -0.2) is 75.2 Å². The van der Waals surface area contributed by atoms with Gasteiger partial charge in [0, 0.05) is 63.2 Å². The number of aromatic nitrogens is 2. The molecule has 0 atom stereocenters. The number of hydrogen-bond acceptors (Lipinski definition) is 7. The van der Waals surface area contributed by atoms with E-state index in [4.69, 9.17) is 10.2 Å². The molecule has 2 heterocycles. The summed E-state index contributed by atoms with van der Waals surface area (Å²) in [6, 6.07) is 15.3. The van der Waals surface area contributed by atoms with Gasteiger partial charge in [0.05, 0.1) is 10.9 Å². The van der Waals surface area contributed by atoms with Crippen LogP contribution in [0.5, 0.6) is 0 Å². The monoisotopic (exact) mass is 537 g/mol. The third kappa shape index (κ3) is 8.68. The van der Waals surface area contributed by atoms with Gasteiger partial charge in [-0.05, 0) is 43.3 Å². The molecule has 4 rings (SSSR count). The van der Waals surface area contributed by atoms with Crippen LogP contribution in [0, 0.1) is 0 Å². The predicted molar refractivity (Wildman–Crippen MR) is 147 cm³/mol. The Bertz CT molecular complexity index is 1440. The minimum Gasteiger partial charge on any atom is -0.478 e. The Morgan fingerprint density at radius 3 is 2.15 bits per heavy atom. The van der Waals surface area contributed by atoms with Gasteiger partial charge in [-0.1, -0.05) is 18.2 Å². The normalized spacial score (nSPS) is 13.6. The van der Waals surface area contributed by atoms with Crippen molar-refractivity contribution in [2.75, 3.05) is 42.9 Å². The van der Waals surface area contributed by atoms with Gasteiger partial charge in [0.25, 0.3) is 5.56 Å². The first-order chi connectivity index (χ1) is 18.6. The average Bonchev–Trinajstić information content (AvgIpc) is 2.91. The Balaban J connectivity index is 0.000000459. The highest BCUT2D eigenvalue weighted by Gasteiger charge is 2.17. The van der Waals surface area contributed by atoms with Gasteiger partial charge in [-0.2, -0.15) is 0 Å². The molecule has 2 aromatic carbocycles. The van der Waals surface area contributed by atoms with Crippen LogP contribution in [0.15, 0.2) is 70.3 Å². The van der Waals surface area contributed by atoms with Crippen molar-refractivity contribution >= 4 is 40.1 Å².